The highest BCUT2D eigenvalue weighted by Gasteiger charge is 2.31. The summed E-state index contributed by atoms with van der Waals surface area (Å²) >= 11 is 1.09. The molecule has 0 spiro atoms. The van der Waals surface area contributed by atoms with Gasteiger partial charge in [0.05, 0.1) is 17.2 Å². The molecule has 2 aromatic heterocycles. The quantitative estimate of drug-likeness (QED) is 0.156. The molecule has 0 aliphatic carbocycles. The number of sulfonamides is 1. The molecule has 230 valence electrons. The third-order valence-electron chi connectivity index (χ3n) is 6.67. The third-order valence-corrected chi connectivity index (χ3v) is 10.1. The van der Waals surface area contributed by atoms with E-state index >= 15 is 0 Å². The maximum absolute atomic E-state index is 13.1. The molecular weight excluding hydrogens is 606 g/mol. The van der Waals surface area contributed by atoms with Gasteiger partial charge in [-0.2, -0.15) is 4.31 Å². The minimum Gasteiger partial charge on any atom is -0.396 e. The second kappa shape index (κ2) is 14.5. The number of aromatic nitrogens is 1. The van der Waals surface area contributed by atoms with Gasteiger partial charge in [0.1, 0.15) is 10.0 Å². The summed E-state index contributed by atoms with van der Waals surface area (Å²) < 4.78 is 27.9. The van der Waals surface area contributed by atoms with Gasteiger partial charge >= 0.3 is 0 Å². The predicted octanol–water partition coefficient (Wildman–Crippen LogP) is 3.61. The smallest absolute Gasteiger partial charge is 0.270 e. The number of nitro groups is 1. The largest absolute Gasteiger partial charge is 0.396 e. The highest BCUT2D eigenvalue weighted by atomic mass is 32.2. The molecule has 44 heavy (non-hydrogen) atoms. The molecule has 1 aliphatic rings. The Bertz CT molecular complexity index is 1720. The number of benzene rings is 2. The van der Waals surface area contributed by atoms with Crippen LogP contribution in [-0.4, -0.2) is 53.6 Å². The van der Waals surface area contributed by atoms with Gasteiger partial charge in [0.15, 0.2) is 0 Å². The Morgan fingerprint density at radius 1 is 1.00 bits per heavy atom. The van der Waals surface area contributed by atoms with Crippen LogP contribution in [0.5, 0.6) is 0 Å². The number of hydrogen-bond acceptors (Lipinski definition) is 10. The number of carbonyl (C=O) groups is 2. The van der Waals surface area contributed by atoms with Crippen molar-refractivity contribution < 1.29 is 22.9 Å². The zero-order chi connectivity index (χ0) is 31.7. The Morgan fingerprint density at radius 2 is 1.70 bits per heavy atom. The Hall–Kier alpha value is -4.86. The number of amides is 2. The number of nitrogen functional groups attached to an aromatic ring is 1. The van der Waals surface area contributed by atoms with Crippen LogP contribution in [0.1, 0.15) is 38.4 Å². The summed E-state index contributed by atoms with van der Waals surface area (Å²) in [5, 5.41) is 16.9. The highest BCUT2D eigenvalue weighted by molar-refractivity contribution is 7.91. The lowest BCUT2D eigenvalue weighted by molar-refractivity contribution is -0.384. The van der Waals surface area contributed by atoms with E-state index in [1.54, 1.807) is 48.7 Å². The van der Waals surface area contributed by atoms with Crippen molar-refractivity contribution in [2.24, 2.45) is 5.73 Å². The lowest BCUT2D eigenvalue weighted by Gasteiger charge is -2.31. The molecule has 2 aromatic carbocycles. The van der Waals surface area contributed by atoms with Crippen molar-refractivity contribution in [2.75, 3.05) is 24.1 Å². The number of carbonyl (C=O) groups excluding carboxylic acids is 2. The number of nitro benzene ring substituents is 1. The molecule has 1 saturated heterocycles. The van der Waals surface area contributed by atoms with Crippen molar-refractivity contribution in [1.82, 2.24) is 14.6 Å². The van der Waals surface area contributed by atoms with E-state index in [1.807, 2.05) is 6.07 Å². The van der Waals surface area contributed by atoms with Gasteiger partial charge in [0.25, 0.3) is 21.6 Å². The van der Waals surface area contributed by atoms with Gasteiger partial charge in [0, 0.05) is 53.5 Å². The van der Waals surface area contributed by atoms with Crippen molar-refractivity contribution in [3.8, 4) is 0 Å². The minimum atomic E-state index is -3.66. The molecule has 0 atom stereocenters. The fraction of sp³-hybridized carbons (Fsp3) is 0.207. The molecule has 2 amide bonds. The molecule has 0 saturated carbocycles. The van der Waals surface area contributed by atoms with E-state index < -0.39 is 20.9 Å². The highest BCUT2D eigenvalue weighted by Crippen LogP contribution is 2.28. The molecule has 6 N–H and O–H groups in total. The fourth-order valence-corrected chi connectivity index (χ4v) is 7.24. The Balaban J connectivity index is 0.000000421. The number of nitrogens with two attached hydrogens (primary N) is 2. The molecule has 1 fully saturated rings. The number of primary amides is 1. The van der Waals surface area contributed by atoms with Crippen LogP contribution in [0.3, 0.4) is 0 Å². The van der Waals surface area contributed by atoms with Crippen LogP contribution >= 0.6 is 11.3 Å². The molecule has 13 nitrogen and oxygen atoms in total. The zero-order valence-corrected chi connectivity index (χ0v) is 25.1. The van der Waals surface area contributed by atoms with Crippen molar-refractivity contribution in [3.05, 3.63) is 111 Å². The number of nitrogens with one attached hydrogen (secondary N) is 2. The first-order valence-corrected chi connectivity index (χ1v) is 15.7. The molecule has 0 bridgehead atoms. The number of non-ortho nitro benzene ring substituents is 1. The summed E-state index contributed by atoms with van der Waals surface area (Å²) in [5.41, 5.74) is 12.0. The zero-order valence-electron chi connectivity index (χ0n) is 23.5. The number of nitrogens with zero attached hydrogens (tertiary/aromatic N) is 3. The van der Waals surface area contributed by atoms with Gasteiger partial charge in [-0.3, -0.25) is 19.7 Å². The van der Waals surface area contributed by atoms with Crippen molar-refractivity contribution in [1.29, 1.82) is 0 Å². The first kappa shape index (κ1) is 32.1. The maximum Gasteiger partial charge on any atom is 0.270 e. The van der Waals surface area contributed by atoms with Crippen LogP contribution in [0.2, 0.25) is 0 Å². The summed E-state index contributed by atoms with van der Waals surface area (Å²) in [4.78, 5) is 38.0. The summed E-state index contributed by atoms with van der Waals surface area (Å²) in [7, 11) is -3.66. The third kappa shape index (κ3) is 8.37. The fourth-order valence-electron chi connectivity index (χ4n) is 4.32. The molecule has 5 rings (SSSR count). The van der Waals surface area contributed by atoms with Crippen molar-refractivity contribution in [3.63, 3.8) is 0 Å². The SMILES string of the molecule is NC(=O)c1ccccc1.Nc1cccnc1NC1CCN(S(=O)(=O)c2ccc(CNC(=O)c3cccc([N+](=O)[O-])c3)s2)CC1. The van der Waals surface area contributed by atoms with E-state index in [1.165, 1.54) is 34.6 Å². The average Bonchev–Trinajstić information content (AvgIpc) is 3.52. The number of piperidine rings is 1. The molecule has 15 heteroatoms. The van der Waals surface area contributed by atoms with Gasteiger partial charge in [-0.15, -0.1) is 11.3 Å². The lowest BCUT2D eigenvalue weighted by Crippen LogP contribution is -2.42. The number of hydrogen-bond donors (Lipinski definition) is 4. The van der Waals surface area contributed by atoms with Gasteiger partial charge < -0.3 is 22.1 Å². The molecule has 1 aliphatic heterocycles. The van der Waals surface area contributed by atoms with Crippen LogP contribution in [0.15, 0.2) is 89.3 Å². The van der Waals surface area contributed by atoms with Crippen LogP contribution in [0.4, 0.5) is 17.2 Å². The molecular formula is C29H31N7O6S2. The Morgan fingerprint density at radius 3 is 2.34 bits per heavy atom. The Kier molecular flexibility index (Phi) is 10.6. The summed E-state index contributed by atoms with van der Waals surface area (Å²) in [5.74, 6) is -0.255. The van der Waals surface area contributed by atoms with E-state index in [-0.39, 0.29) is 34.0 Å². The molecule has 4 aromatic rings. The van der Waals surface area contributed by atoms with Crippen LogP contribution < -0.4 is 22.1 Å². The molecule has 3 heterocycles. The molecule has 0 radical (unpaired) electrons. The minimum absolute atomic E-state index is 0.0709. The number of thiophene rings is 1. The monoisotopic (exact) mass is 637 g/mol. The van der Waals surface area contributed by atoms with Gasteiger partial charge in [-0.25, -0.2) is 13.4 Å². The topological polar surface area (TPSA) is 204 Å². The van der Waals surface area contributed by atoms with E-state index in [9.17, 15) is 28.1 Å². The van der Waals surface area contributed by atoms with E-state index in [0.717, 1.165) is 11.3 Å². The number of pyridine rings is 1. The van der Waals surface area contributed by atoms with Crippen molar-refractivity contribution >= 4 is 50.4 Å². The maximum atomic E-state index is 13.1. The summed E-state index contributed by atoms with van der Waals surface area (Å²) in [6.45, 7) is 0.839. The summed E-state index contributed by atoms with van der Waals surface area (Å²) in [6, 6.07) is 21.0. The van der Waals surface area contributed by atoms with Crippen LogP contribution in [0, 0.1) is 10.1 Å². The van der Waals surface area contributed by atoms with Gasteiger partial charge in [0.2, 0.25) is 5.91 Å². The van der Waals surface area contributed by atoms with Crippen molar-refractivity contribution in [2.45, 2.75) is 29.6 Å². The summed E-state index contributed by atoms with van der Waals surface area (Å²) in [6.07, 6.45) is 2.89. The van der Waals surface area contributed by atoms with E-state index in [4.69, 9.17) is 11.5 Å². The van der Waals surface area contributed by atoms with Gasteiger partial charge in [-0.05, 0) is 55.3 Å². The van der Waals surface area contributed by atoms with E-state index in [0.29, 0.717) is 47.9 Å². The predicted molar refractivity (Wildman–Crippen MR) is 168 cm³/mol. The van der Waals surface area contributed by atoms with E-state index in [2.05, 4.69) is 15.6 Å². The standard InChI is InChI=1S/C22H24N6O5S2.C7H7NO/c23-19-5-2-10-24-21(19)26-16-8-11-27(12-9-16)35(32,33)20-7-6-18(34-20)14-25-22(29)15-3-1-4-17(13-15)28(30)31;8-7(9)6-4-2-1-3-5-6/h1-7,10,13,16H,8-9,11-12,14,23H2,(H,24,26)(H,25,29);1-5H,(H2,8,9). The normalized spacial score (nSPS) is 13.7. The first-order valence-electron chi connectivity index (χ1n) is 13.5. The number of anilines is 2. The number of rotatable bonds is 9. The second-order valence-electron chi connectivity index (χ2n) is 9.71. The molecule has 0 unspecified atom stereocenters. The Labute approximate surface area is 258 Å². The van der Waals surface area contributed by atoms with Crippen LogP contribution in [-0.2, 0) is 16.6 Å². The first-order chi connectivity index (χ1) is 21.0. The van der Waals surface area contributed by atoms with Gasteiger partial charge in [-0.1, -0.05) is 24.3 Å². The average molecular weight is 638 g/mol. The van der Waals surface area contributed by atoms with Crippen LogP contribution in [0.25, 0.3) is 0 Å². The lowest BCUT2D eigenvalue weighted by atomic mass is 10.1. The second-order valence-corrected chi connectivity index (χ2v) is 13.0.